The van der Waals surface area contributed by atoms with Crippen LogP contribution in [-0.2, 0) is 16.0 Å². The Morgan fingerprint density at radius 3 is 2.79 bits per heavy atom. The number of fused-ring (bicyclic) bond motifs is 1. The summed E-state index contributed by atoms with van der Waals surface area (Å²) in [6, 6.07) is 13.7. The summed E-state index contributed by atoms with van der Waals surface area (Å²) in [6.45, 7) is 1.76. The molecule has 1 saturated carbocycles. The Hall–Kier alpha value is -2.60. The number of amides is 2. The molecule has 2 aromatic rings. The smallest absolute Gasteiger partial charge is 0.270 e. The van der Waals surface area contributed by atoms with Gasteiger partial charge in [-0.2, -0.15) is 0 Å². The number of H-pyrrole nitrogens is 1. The lowest BCUT2D eigenvalue weighted by atomic mass is 9.81. The normalized spacial score (nSPS) is 24.4. The first-order valence-electron chi connectivity index (χ1n) is 10.1. The van der Waals surface area contributed by atoms with Crippen LogP contribution in [0.15, 0.2) is 48.7 Å². The predicted molar refractivity (Wildman–Crippen MR) is 106 cm³/mol. The summed E-state index contributed by atoms with van der Waals surface area (Å²) in [6.07, 6.45) is 4.90. The van der Waals surface area contributed by atoms with E-state index in [9.17, 15) is 9.59 Å². The maximum absolute atomic E-state index is 12.9. The molecule has 3 atom stereocenters. The molecule has 1 aromatic heterocycles. The largest absolute Gasteiger partial charge is 0.374 e. The highest BCUT2D eigenvalue weighted by Gasteiger charge is 2.42. The van der Waals surface area contributed by atoms with Gasteiger partial charge in [0.05, 0.1) is 18.8 Å². The van der Waals surface area contributed by atoms with Gasteiger partial charge in [0.25, 0.3) is 5.91 Å². The Morgan fingerprint density at radius 2 is 2.00 bits per heavy atom. The quantitative estimate of drug-likeness (QED) is 0.835. The number of nitrogens with zero attached hydrogens (tertiary/aromatic N) is 1. The van der Waals surface area contributed by atoms with Crippen molar-refractivity contribution in [2.24, 2.45) is 5.92 Å². The van der Waals surface area contributed by atoms with Gasteiger partial charge in [-0.05, 0) is 43.4 Å². The molecule has 1 aromatic carbocycles. The highest BCUT2D eigenvalue weighted by molar-refractivity contribution is 5.92. The molecular formula is C22H27N3O3. The summed E-state index contributed by atoms with van der Waals surface area (Å²) >= 11 is 0. The summed E-state index contributed by atoms with van der Waals surface area (Å²) in [4.78, 5) is 30.5. The third-order valence-electron chi connectivity index (χ3n) is 5.84. The van der Waals surface area contributed by atoms with Crippen LogP contribution in [0.3, 0.4) is 0 Å². The van der Waals surface area contributed by atoms with Gasteiger partial charge in [0.1, 0.15) is 5.69 Å². The van der Waals surface area contributed by atoms with Crippen LogP contribution < -0.4 is 5.32 Å². The van der Waals surface area contributed by atoms with Crippen molar-refractivity contribution in [3.8, 4) is 0 Å². The fourth-order valence-corrected chi connectivity index (χ4v) is 4.34. The lowest BCUT2D eigenvalue weighted by Crippen LogP contribution is -2.57. The number of hydrogen-bond donors (Lipinski definition) is 2. The summed E-state index contributed by atoms with van der Waals surface area (Å²) in [5.41, 5.74) is 1.81. The highest BCUT2D eigenvalue weighted by atomic mass is 16.5. The van der Waals surface area contributed by atoms with Crippen molar-refractivity contribution in [1.29, 1.82) is 0 Å². The van der Waals surface area contributed by atoms with Crippen LogP contribution in [0.4, 0.5) is 0 Å². The zero-order valence-electron chi connectivity index (χ0n) is 16.0. The van der Waals surface area contributed by atoms with Crippen LogP contribution in [0, 0.1) is 5.92 Å². The molecule has 2 aliphatic rings. The average molecular weight is 381 g/mol. The van der Waals surface area contributed by atoms with Gasteiger partial charge in [0.15, 0.2) is 0 Å². The van der Waals surface area contributed by atoms with E-state index in [1.807, 2.05) is 29.2 Å². The van der Waals surface area contributed by atoms with Crippen molar-refractivity contribution < 1.29 is 14.3 Å². The van der Waals surface area contributed by atoms with Crippen molar-refractivity contribution in [2.75, 3.05) is 19.7 Å². The SMILES string of the molecule is O=C(NCCc1ccccc1)[C@H]1CC[C@H]2OCCN(C(=O)c3ccc[nH]3)[C@@H]2C1. The molecule has 2 amide bonds. The molecule has 0 spiro atoms. The number of rotatable bonds is 5. The van der Waals surface area contributed by atoms with E-state index >= 15 is 0 Å². The van der Waals surface area contributed by atoms with E-state index in [0.29, 0.717) is 31.8 Å². The van der Waals surface area contributed by atoms with Crippen molar-refractivity contribution >= 4 is 11.8 Å². The van der Waals surface area contributed by atoms with E-state index in [4.69, 9.17) is 4.74 Å². The third kappa shape index (κ3) is 4.12. The molecule has 0 bridgehead atoms. The number of ether oxygens (including phenoxy) is 1. The van der Waals surface area contributed by atoms with E-state index < -0.39 is 0 Å². The summed E-state index contributed by atoms with van der Waals surface area (Å²) in [7, 11) is 0. The van der Waals surface area contributed by atoms with Gasteiger partial charge in [0, 0.05) is 25.2 Å². The van der Waals surface area contributed by atoms with Crippen molar-refractivity contribution in [3.05, 3.63) is 59.9 Å². The van der Waals surface area contributed by atoms with Crippen molar-refractivity contribution in [1.82, 2.24) is 15.2 Å². The Balaban J connectivity index is 1.35. The van der Waals surface area contributed by atoms with Gasteiger partial charge in [-0.1, -0.05) is 30.3 Å². The molecule has 28 heavy (non-hydrogen) atoms. The second kappa shape index (κ2) is 8.61. The van der Waals surface area contributed by atoms with E-state index in [-0.39, 0.29) is 29.9 Å². The van der Waals surface area contributed by atoms with E-state index in [1.54, 1.807) is 12.3 Å². The topological polar surface area (TPSA) is 74.4 Å². The Kier molecular flexibility index (Phi) is 5.76. The molecule has 2 fully saturated rings. The Morgan fingerprint density at radius 1 is 1.14 bits per heavy atom. The minimum atomic E-state index is -0.0716. The number of nitrogens with one attached hydrogen (secondary N) is 2. The van der Waals surface area contributed by atoms with Crippen molar-refractivity contribution in [2.45, 2.75) is 37.8 Å². The molecule has 2 heterocycles. The van der Waals surface area contributed by atoms with Crippen LogP contribution in [0.25, 0.3) is 0 Å². The Bertz CT molecular complexity index is 791. The number of carbonyl (C=O) groups excluding carboxylic acids is 2. The van der Waals surface area contributed by atoms with Gasteiger partial charge >= 0.3 is 0 Å². The number of benzene rings is 1. The monoisotopic (exact) mass is 381 g/mol. The minimum absolute atomic E-state index is 0.00608. The van der Waals surface area contributed by atoms with E-state index in [1.165, 1.54) is 5.56 Å². The van der Waals surface area contributed by atoms with Crippen molar-refractivity contribution in [3.63, 3.8) is 0 Å². The maximum Gasteiger partial charge on any atom is 0.270 e. The lowest BCUT2D eigenvalue weighted by Gasteiger charge is -2.45. The van der Waals surface area contributed by atoms with Crippen LogP contribution in [0.2, 0.25) is 0 Å². The molecule has 0 unspecified atom stereocenters. The van der Waals surface area contributed by atoms with Gasteiger partial charge < -0.3 is 19.9 Å². The van der Waals surface area contributed by atoms with Gasteiger partial charge in [-0.15, -0.1) is 0 Å². The number of morpholine rings is 1. The maximum atomic E-state index is 12.9. The first-order valence-corrected chi connectivity index (χ1v) is 10.1. The van der Waals surface area contributed by atoms with E-state index in [0.717, 1.165) is 19.3 Å². The van der Waals surface area contributed by atoms with Crippen LogP contribution in [0.1, 0.15) is 35.3 Å². The predicted octanol–water partition coefficient (Wildman–Crippen LogP) is 2.38. The lowest BCUT2D eigenvalue weighted by molar-refractivity contribution is -0.131. The average Bonchev–Trinajstić information content (AvgIpc) is 3.28. The molecule has 4 rings (SSSR count). The second-order valence-corrected chi connectivity index (χ2v) is 7.60. The van der Waals surface area contributed by atoms with Gasteiger partial charge in [-0.25, -0.2) is 0 Å². The van der Waals surface area contributed by atoms with Gasteiger partial charge in [-0.3, -0.25) is 9.59 Å². The minimum Gasteiger partial charge on any atom is -0.374 e. The molecule has 1 saturated heterocycles. The standard InChI is InChI=1S/C22H27N3O3/c26-21(24-12-10-16-5-2-1-3-6-16)17-8-9-20-19(15-17)25(13-14-28-20)22(27)18-7-4-11-23-18/h1-7,11,17,19-20,23H,8-10,12-15H2,(H,24,26)/t17-,19+,20+/m0/s1. The summed E-state index contributed by atoms with van der Waals surface area (Å²) in [5, 5.41) is 3.08. The molecule has 148 valence electrons. The van der Waals surface area contributed by atoms with Crippen LogP contribution in [0.5, 0.6) is 0 Å². The summed E-state index contributed by atoms with van der Waals surface area (Å²) in [5.74, 6) is 0.0123. The summed E-state index contributed by atoms with van der Waals surface area (Å²) < 4.78 is 5.91. The highest BCUT2D eigenvalue weighted by Crippen LogP contribution is 2.33. The molecule has 2 N–H and O–H groups in total. The molecule has 1 aliphatic heterocycles. The number of aromatic nitrogens is 1. The molecule has 6 nitrogen and oxygen atoms in total. The fraction of sp³-hybridized carbons (Fsp3) is 0.455. The molecule has 0 radical (unpaired) electrons. The second-order valence-electron chi connectivity index (χ2n) is 7.60. The fourth-order valence-electron chi connectivity index (χ4n) is 4.34. The first kappa shape index (κ1) is 18.7. The number of carbonyl (C=O) groups is 2. The van der Waals surface area contributed by atoms with Gasteiger partial charge in [0.2, 0.25) is 5.91 Å². The third-order valence-corrected chi connectivity index (χ3v) is 5.84. The molecular weight excluding hydrogens is 354 g/mol. The zero-order chi connectivity index (χ0) is 19.3. The Labute approximate surface area is 165 Å². The first-order chi connectivity index (χ1) is 13.7. The number of aromatic amines is 1. The number of hydrogen-bond acceptors (Lipinski definition) is 3. The van der Waals surface area contributed by atoms with Crippen LogP contribution >= 0.6 is 0 Å². The molecule has 6 heteroatoms. The van der Waals surface area contributed by atoms with E-state index in [2.05, 4.69) is 22.4 Å². The van der Waals surface area contributed by atoms with Crippen LogP contribution in [-0.4, -0.2) is 53.5 Å². The zero-order valence-corrected chi connectivity index (χ0v) is 16.0. The molecule has 1 aliphatic carbocycles.